The molecule has 0 amide bonds. The maximum atomic E-state index is 5.98. The molecule has 2 rings (SSSR count). The molecule has 1 aromatic rings. The molecule has 17 heavy (non-hydrogen) atoms. The highest BCUT2D eigenvalue weighted by atomic mass is 15.0. The minimum absolute atomic E-state index is 0.527. The SMILES string of the molecule is CCc1nc(C2CCC(C)CC2)nc(N)c1C. The first-order valence-electron chi connectivity index (χ1n) is 6.74. The highest BCUT2D eigenvalue weighted by Crippen LogP contribution is 2.34. The summed E-state index contributed by atoms with van der Waals surface area (Å²) in [5, 5.41) is 0. The van der Waals surface area contributed by atoms with Crippen LogP contribution in [0.1, 0.15) is 62.5 Å². The summed E-state index contributed by atoms with van der Waals surface area (Å²) in [7, 11) is 0. The van der Waals surface area contributed by atoms with E-state index in [1.54, 1.807) is 0 Å². The van der Waals surface area contributed by atoms with E-state index in [1.807, 2.05) is 6.92 Å². The van der Waals surface area contributed by atoms with Crippen molar-refractivity contribution < 1.29 is 0 Å². The number of hydrogen-bond donors (Lipinski definition) is 1. The lowest BCUT2D eigenvalue weighted by Gasteiger charge is -2.25. The molecule has 1 aliphatic rings. The summed E-state index contributed by atoms with van der Waals surface area (Å²) < 4.78 is 0. The van der Waals surface area contributed by atoms with E-state index in [0.717, 1.165) is 29.4 Å². The van der Waals surface area contributed by atoms with Gasteiger partial charge in [0.2, 0.25) is 0 Å². The van der Waals surface area contributed by atoms with Crippen LogP contribution in [0, 0.1) is 12.8 Å². The number of anilines is 1. The minimum Gasteiger partial charge on any atom is -0.383 e. The van der Waals surface area contributed by atoms with E-state index < -0.39 is 0 Å². The van der Waals surface area contributed by atoms with Crippen LogP contribution in [-0.4, -0.2) is 9.97 Å². The average Bonchev–Trinajstić information content (AvgIpc) is 2.33. The zero-order chi connectivity index (χ0) is 12.4. The highest BCUT2D eigenvalue weighted by molar-refractivity contribution is 5.41. The topological polar surface area (TPSA) is 51.8 Å². The van der Waals surface area contributed by atoms with E-state index in [1.165, 1.54) is 25.7 Å². The quantitative estimate of drug-likeness (QED) is 0.853. The number of hydrogen-bond acceptors (Lipinski definition) is 3. The van der Waals surface area contributed by atoms with E-state index in [4.69, 9.17) is 10.7 Å². The molecule has 1 aliphatic carbocycles. The predicted octanol–water partition coefficient (Wildman–Crippen LogP) is 3.22. The Balaban J connectivity index is 2.24. The van der Waals surface area contributed by atoms with Crippen LogP contribution in [0.5, 0.6) is 0 Å². The Morgan fingerprint density at radius 1 is 1.18 bits per heavy atom. The predicted molar refractivity (Wildman–Crippen MR) is 70.9 cm³/mol. The second-order valence-corrected chi connectivity index (χ2v) is 5.35. The summed E-state index contributed by atoms with van der Waals surface area (Å²) in [5.74, 6) is 3.04. The van der Waals surface area contributed by atoms with Crippen LogP contribution in [-0.2, 0) is 6.42 Å². The van der Waals surface area contributed by atoms with Crippen LogP contribution in [0.15, 0.2) is 0 Å². The van der Waals surface area contributed by atoms with Gasteiger partial charge in [-0.25, -0.2) is 9.97 Å². The Bertz CT molecular complexity index is 393. The lowest BCUT2D eigenvalue weighted by molar-refractivity contribution is 0.339. The van der Waals surface area contributed by atoms with Crippen molar-refractivity contribution in [2.45, 2.75) is 58.8 Å². The number of nitrogens with two attached hydrogens (primary N) is 1. The van der Waals surface area contributed by atoms with Crippen LogP contribution in [0.25, 0.3) is 0 Å². The van der Waals surface area contributed by atoms with Crippen molar-refractivity contribution in [2.75, 3.05) is 5.73 Å². The van der Waals surface area contributed by atoms with Gasteiger partial charge < -0.3 is 5.73 Å². The van der Waals surface area contributed by atoms with E-state index in [0.29, 0.717) is 11.7 Å². The molecule has 1 fully saturated rings. The van der Waals surface area contributed by atoms with Crippen LogP contribution in [0.3, 0.4) is 0 Å². The zero-order valence-electron chi connectivity index (χ0n) is 11.2. The fraction of sp³-hybridized carbons (Fsp3) is 0.714. The third-order valence-electron chi connectivity index (χ3n) is 4.02. The molecule has 0 aromatic carbocycles. The lowest BCUT2D eigenvalue weighted by Crippen LogP contribution is -2.16. The van der Waals surface area contributed by atoms with E-state index in [2.05, 4.69) is 18.8 Å². The van der Waals surface area contributed by atoms with Gasteiger partial charge in [0.15, 0.2) is 0 Å². The fourth-order valence-electron chi connectivity index (χ4n) is 2.65. The Morgan fingerprint density at radius 2 is 1.82 bits per heavy atom. The Kier molecular flexibility index (Phi) is 3.65. The molecule has 1 aromatic heterocycles. The zero-order valence-corrected chi connectivity index (χ0v) is 11.2. The molecule has 0 atom stereocenters. The Hall–Kier alpha value is -1.12. The molecule has 0 aliphatic heterocycles. The van der Waals surface area contributed by atoms with Crippen molar-refractivity contribution in [3.05, 3.63) is 17.1 Å². The molecule has 2 N–H and O–H groups in total. The number of nitrogen functional groups attached to an aromatic ring is 1. The molecule has 1 heterocycles. The molecule has 0 radical (unpaired) electrons. The molecule has 3 nitrogen and oxygen atoms in total. The lowest BCUT2D eigenvalue weighted by atomic mass is 9.82. The third kappa shape index (κ3) is 2.59. The van der Waals surface area contributed by atoms with Crippen molar-refractivity contribution in [1.82, 2.24) is 9.97 Å². The first kappa shape index (κ1) is 12.3. The second kappa shape index (κ2) is 5.03. The van der Waals surface area contributed by atoms with Crippen molar-refractivity contribution in [3.8, 4) is 0 Å². The summed E-state index contributed by atoms with van der Waals surface area (Å²) in [4.78, 5) is 9.21. The van der Waals surface area contributed by atoms with E-state index in [9.17, 15) is 0 Å². The molecular formula is C14H23N3. The Morgan fingerprint density at radius 3 is 2.41 bits per heavy atom. The van der Waals surface area contributed by atoms with Gasteiger partial charge in [-0.05, 0) is 32.1 Å². The van der Waals surface area contributed by atoms with E-state index >= 15 is 0 Å². The number of aryl methyl sites for hydroxylation is 1. The Labute approximate surface area is 104 Å². The van der Waals surface area contributed by atoms with Crippen LogP contribution in [0.2, 0.25) is 0 Å². The standard InChI is InChI=1S/C14H23N3/c1-4-12-10(3)13(15)17-14(16-12)11-7-5-9(2)6-8-11/h9,11H,4-8H2,1-3H3,(H2,15,16,17). The van der Waals surface area contributed by atoms with Gasteiger partial charge in [-0.1, -0.05) is 26.7 Å². The molecule has 94 valence electrons. The van der Waals surface area contributed by atoms with Crippen LogP contribution >= 0.6 is 0 Å². The fourth-order valence-corrected chi connectivity index (χ4v) is 2.65. The van der Waals surface area contributed by atoms with Gasteiger partial charge in [0.05, 0.1) is 0 Å². The third-order valence-corrected chi connectivity index (χ3v) is 4.02. The molecule has 0 bridgehead atoms. The van der Waals surface area contributed by atoms with Gasteiger partial charge >= 0.3 is 0 Å². The molecule has 1 saturated carbocycles. The number of nitrogens with zero attached hydrogens (tertiary/aromatic N) is 2. The smallest absolute Gasteiger partial charge is 0.134 e. The summed E-state index contributed by atoms with van der Waals surface area (Å²) in [6, 6.07) is 0. The molecule has 0 spiro atoms. The van der Waals surface area contributed by atoms with Crippen molar-refractivity contribution in [3.63, 3.8) is 0 Å². The summed E-state index contributed by atoms with van der Waals surface area (Å²) in [5.41, 5.74) is 8.15. The minimum atomic E-state index is 0.527. The molecular weight excluding hydrogens is 210 g/mol. The van der Waals surface area contributed by atoms with Gasteiger partial charge in [0.1, 0.15) is 11.6 Å². The second-order valence-electron chi connectivity index (χ2n) is 5.35. The van der Waals surface area contributed by atoms with Crippen LogP contribution in [0.4, 0.5) is 5.82 Å². The van der Waals surface area contributed by atoms with Crippen molar-refractivity contribution in [1.29, 1.82) is 0 Å². The first-order chi connectivity index (χ1) is 8.11. The molecule has 0 unspecified atom stereocenters. The summed E-state index contributed by atoms with van der Waals surface area (Å²) in [6.07, 6.45) is 5.96. The van der Waals surface area contributed by atoms with Gasteiger partial charge in [-0.3, -0.25) is 0 Å². The monoisotopic (exact) mass is 233 g/mol. The maximum absolute atomic E-state index is 5.98. The van der Waals surface area contributed by atoms with Gasteiger partial charge in [-0.15, -0.1) is 0 Å². The van der Waals surface area contributed by atoms with Crippen LogP contribution < -0.4 is 5.73 Å². The molecule has 3 heteroatoms. The largest absolute Gasteiger partial charge is 0.383 e. The number of aromatic nitrogens is 2. The summed E-state index contributed by atoms with van der Waals surface area (Å²) >= 11 is 0. The van der Waals surface area contributed by atoms with Crippen molar-refractivity contribution >= 4 is 5.82 Å². The highest BCUT2D eigenvalue weighted by Gasteiger charge is 2.23. The van der Waals surface area contributed by atoms with Gasteiger partial charge in [0, 0.05) is 17.2 Å². The summed E-state index contributed by atoms with van der Waals surface area (Å²) in [6.45, 7) is 6.47. The normalized spacial score (nSPS) is 24.9. The van der Waals surface area contributed by atoms with E-state index in [-0.39, 0.29) is 0 Å². The average molecular weight is 233 g/mol. The number of rotatable bonds is 2. The first-order valence-corrected chi connectivity index (χ1v) is 6.74. The van der Waals surface area contributed by atoms with Gasteiger partial charge in [0.25, 0.3) is 0 Å². The molecule has 0 saturated heterocycles. The maximum Gasteiger partial charge on any atom is 0.134 e. The van der Waals surface area contributed by atoms with Gasteiger partial charge in [-0.2, -0.15) is 0 Å². The van der Waals surface area contributed by atoms with Crippen molar-refractivity contribution in [2.24, 2.45) is 5.92 Å².